The van der Waals surface area contributed by atoms with Crippen LogP contribution in [0.25, 0.3) is 0 Å². The van der Waals surface area contributed by atoms with E-state index in [1.165, 1.54) is 16.4 Å². The first-order valence-corrected chi connectivity index (χ1v) is 5.19. The molecule has 0 spiro atoms. The molecule has 4 rings (SSSR count). The van der Waals surface area contributed by atoms with Crippen molar-refractivity contribution in [1.82, 2.24) is 13.9 Å². The quantitative estimate of drug-likeness (QED) is 0.440. The number of allylic oxidation sites excluding steroid dienone is 2. The molecule has 16 heavy (non-hydrogen) atoms. The zero-order valence-electron chi connectivity index (χ0n) is 8.83. The Morgan fingerprint density at radius 2 is 2.00 bits per heavy atom. The lowest BCUT2D eigenvalue weighted by Crippen LogP contribution is -2.43. The van der Waals surface area contributed by atoms with Crippen LogP contribution in [0, 0.1) is 18.3 Å². The van der Waals surface area contributed by atoms with E-state index in [1.54, 1.807) is 0 Å². The Morgan fingerprint density at radius 3 is 2.69 bits per heavy atom. The molecule has 2 bridgehead atoms. The average molecular weight is 217 g/mol. The fourth-order valence-electron chi connectivity index (χ4n) is 2.60. The van der Waals surface area contributed by atoms with Gasteiger partial charge in [0.1, 0.15) is 0 Å². The normalized spacial score (nSPS) is 30.1. The summed E-state index contributed by atoms with van der Waals surface area (Å²) in [4.78, 5) is 23.7. The number of rotatable bonds is 0. The highest BCUT2D eigenvalue weighted by Crippen LogP contribution is 2.37. The van der Waals surface area contributed by atoms with Crippen molar-refractivity contribution in [2.75, 3.05) is 0 Å². The highest BCUT2D eigenvalue weighted by molar-refractivity contribution is 5.17. The second-order valence-electron chi connectivity index (χ2n) is 4.27. The Balaban J connectivity index is 2.36. The second-order valence-corrected chi connectivity index (χ2v) is 4.27. The van der Waals surface area contributed by atoms with Crippen LogP contribution in [-0.4, -0.2) is 13.9 Å². The fraction of sp³-hybridized carbons (Fsp3) is 0.455. The minimum Gasteiger partial charge on any atom is -0.246 e. The number of hydrogen-bond donors (Lipinski definition) is 0. The van der Waals surface area contributed by atoms with Crippen molar-refractivity contribution in [3.63, 3.8) is 0 Å². The SMILES string of the molecule is C#CC1CC2C=CC1n1c(=O)n(C)c(=O)n12. The van der Waals surface area contributed by atoms with E-state index in [1.807, 2.05) is 12.2 Å². The number of terminal acetylenes is 1. The molecule has 2 aliphatic heterocycles. The summed E-state index contributed by atoms with van der Waals surface area (Å²) in [5, 5.41) is 0. The molecule has 0 amide bonds. The van der Waals surface area contributed by atoms with Crippen LogP contribution in [0.15, 0.2) is 21.7 Å². The lowest BCUT2D eigenvalue weighted by Gasteiger charge is -2.37. The maximum Gasteiger partial charge on any atom is 0.347 e. The molecular formula is C11H11N3O2. The molecule has 0 radical (unpaired) electrons. The Morgan fingerprint density at radius 1 is 1.31 bits per heavy atom. The number of aromatic nitrogens is 3. The highest BCUT2D eigenvalue weighted by atomic mass is 16.2. The van der Waals surface area contributed by atoms with Crippen LogP contribution in [0.4, 0.5) is 0 Å². The summed E-state index contributed by atoms with van der Waals surface area (Å²) in [6.07, 6.45) is 10.1. The van der Waals surface area contributed by atoms with Gasteiger partial charge in [-0.1, -0.05) is 12.2 Å². The Kier molecular flexibility index (Phi) is 1.62. The van der Waals surface area contributed by atoms with E-state index in [0.717, 1.165) is 11.0 Å². The monoisotopic (exact) mass is 217 g/mol. The zero-order chi connectivity index (χ0) is 11.4. The van der Waals surface area contributed by atoms with Gasteiger partial charge < -0.3 is 0 Å². The molecule has 1 aliphatic carbocycles. The maximum atomic E-state index is 11.9. The summed E-state index contributed by atoms with van der Waals surface area (Å²) in [5.74, 6) is 2.71. The number of hydrogen-bond acceptors (Lipinski definition) is 2. The minimum absolute atomic E-state index is 0.00880. The Labute approximate surface area is 91.6 Å². The third kappa shape index (κ3) is 0.871. The van der Waals surface area contributed by atoms with E-state index < -0.39 is 0 Å². The van der Waals surface area contributed by atoms with E-state index in [2.05, 4.69) is 5.92 Å². The molecule has 0 saturated heterocycles. The van der Waals surface area contributed by atoms with Crippen molar-refractivity contribution >= 4 is 0 Å². The van der Waals surface area contributed by atoms with Gasteiger partial charge >= 0.3 is 11.4 Å². The summed E-state index contributed by atoms with van der Waals surface area (Å²) < 4.78 is 4.13. The standard InChI is InChI=1S/C11H11N3O2/c1-3-7-6-8-4-5-9(7)14-11(16)12(2)10(15)13(8)14/h1,4-5,7-9H,6H2,2H3. The number of nitrogens with zero attached hydrogens (tertiary/aromatic N) is 3. The molecular weight excluding hydrogens is 206 g/mol. The van der Waals surface area contributed by atoms with Gasteiger partial charge in [0.25, 0.3) is 0 Å². The van der Waals surface area contributed by atoms with Gasteiger partial charge in [-0.2, -0.15) is 0 Å². The molecule has 3 heterocycles. The van der Waals surface area contributed by atoms with Crippen LogP contribution in [0.3, 0.4) is 0 Å². The highest BCUT2D eigenvalue weighted by Gasteiger charge is 2.38. The minimum atomic E-state index is -0.288. The third-order valence-corrected chi connectivity index (χ3v) is 3.45. The number of fused-ring (bicyclic) bond motifs is 1. The van der Waals surface area contributed by atoms with E-state index in [9.17, 15) is 9.59 Å². The maximum absolute atomic E-state index is 11.9. The molecule has 0 aromatic carbocycles. The predicted molar refractivity (Wildman–Crippen MR) is 58.1 cm³/mol. The van der Waals surface area contributed by atoms with Crippen molar-refractivity contribution in [1.29, 1.82) is 0 Å². The van der Waals surface area contributed by atoms with Gasteiger partial charge in [0.15, 0.2) is 0 Å². The Bertz CT molecular complexity index is 638. The molecule has 0 fully saturated rings. The smallest absolute Gasteiger partial charge is 0.246 e. The molecule has 3 aliphatic rings. The molecule has 1 aromatic rings. The van der Waals surface area contributed by atoms with E-state index in [0.29, 0.717) is 0 Å². The molecule has 1 aromatic heterocycles. The lowest BCUT2D eigenvalue weighted by atomic mass is 9.86. The summed E-state index contributed by atoms with van der Waals surface area (Å²) in [6.45, 7) is 0. The van der Waals surface area contributed by atoms with Crippen molar-refractivity contribution < 1.29 is 0 Å². The van der Waals surface area contributed by atoms with E-state index in [4.69, 9.17) is 6.42 Å². The molecule has 3 atom stereocenters. The molecule has 3 unspecified atom stereocenters. The van der Waals surface area contributed by atoms with Gasteiger partial charge in [0, 0.05) is 13.0 Å². The fourth-order valence-corrected chi connectivity index (χ4v) is 2.60. The molecule has 5 nitrogen and oxygen atoms in total. The van der Waals surface area contributed by atoms with Crippen LogP contribution in [0.5, 0.6) is 0 Å². The first kappa shape index (κ1) is 9.28. The summed E-state index contributed by atoms with van der Waals surface area (Å²) in [5.41, 5.74) is -0.552. The first-order valence-electron chi connectivity index (χ1n) is 5.19. The first-order chi connectivity index (χ1) is 7.65. The summed E-state index contributed by atoms with van der Waals surface area (Å²) in [6, 6.07) is -0.246. The molecule has 5 heteroatoms. The van der Waals surface area contributed by atoms with Crippen LogP contribution >= 0.6 is 0 Å². The van der Waals surface area contributed by atoms with E-state index in [-0.39, 0.29) is 29.4 Å². The molecule has 82 valence electrons. The molecule has 0 saturated carbocycles. The lowest BCUT2D eigenvalue weighted by molar-refractivity contribution is 0.215. The summed E-state index contributed by atoms with van der Waals surface area (Å²) >= 11 is 0. The van der Waals surface area contributed by atoms with Crippen LogP contribution in [-0.2, 0) is 7.05 Å². The topological polar surface area (TPSA) is 48.9 Å². The second kappa shape index (κ2) is 2.79. The van der Waals surface area contributed by atoms with Crippen molar-refractivity contribution in [3.8, 4) is 12.3 Å². The molecule has 0 N–H and O–H groups in total. The van der Waals surface area contributed by atoms with E-state index >= 15 is 0 Å². The largest absolute Gasteiger partial charge is 0.347 e. The Hall–Kier alpha value is -1.96. The predicted octanol–water partition coefficient (Wildman–Crippen LogP) is -0.346. The van der Waals surface area contributed by atoms with Crippen molar-refractivity contribution in [3.05, 3.63) is 33.1 Å². The zero-order valence-corrected chi connectivity index (χ0v) is 8.83. The average Bonchev–Trinajstić information content (AvgIpc) is 2.56. The van der Waals surface area contributed by atoms with Gasteiger partial charge in [-0.15, -0.1) is 12.3 Å². The third-order valence-electron chi connectivity index (χ3n) is 3.45. The van der Waals surface area contributed by atoms with Gasteiger partial charge in [-0.3, -0.25) is 0 Å². The van der Waals surface area contributed by atoms with Gasteiger partial charge in [-0.25, -0.2) is 23.5 Å². The van der Waals surface area contributed by atoms with Crippen molar-refractivity contribution in [2.45, 2.75) is 18.5 Å². The van der Waals surface area contributed by atoms with Crippen LogP contribution in [0.2, 0.25) is 0 Å². The van der Waals surface area contributed by atoms with Gasteiger partial charge in [0.05, 0.1) is 12.1 Å². The van der Waals surface area contributed by atoms with Crippen LogP contribution in [0.1, 0.15) is 18.5 Å². The van der Waals surface area contributed by atoms with Gasteiger partial charge in [-0.05, 0) is 6.42 Å². The van der Waals surface area contributed by atoms with Crippen LogP contribution < -0.4 is 11.4 Å². The van der Waals surface area contributed by atoms with Crippen molar-refractivity contribution in [2.24, 2.45) is 13.0 Å². The summed E-state index contributed by atoms with van der Waals surface area (Å²) in [7, 11) is 1.49. The van der Waals surface area contributed by atoms with Gasteiger partial charge in [0.2, 0.25) is 0 Å².